The molecular formula is C24H23NO4. The number of hydrogen-bond acceptors (Lipinski definition) is 5. The van der Waals surface area contributed by atoms with Gasteiger partial charge in [-0.05, 0) is 29.8 Å². The fourth-order valence-corrected chi connectivity index (χ4v) is 2.84. The van der Waals surface area contributed by atoms with E-state index in [1.54, 1.807) is 55.6 Å². The third kappa shape index (κ3) is 5.94. The van der Waals surface area contributed by atoms with E-state index in [2.05, 4.69) is 5.32 Å². The first-order chi connectivity index (χ1) is 14.2. The number of carbonyl (C=O) groups is 2. The molecule has 0 fully saturated rings. The van der Waals surface area contributed by atoms with E-state index in [1.165, 1.54) is 0 Å². The van der Waals surface area contributed by atoms with Crippen molar-refractivity contribution in [2.45, 2.75) is 19.1 Å². The molecule has 1 atom stereocenters. The minimum absolute atomic E-state index is 0.0103. The van der Waals surface area contributed by atoms with Gasteiger partial charge in [-0.1, -0.05) is 60.7 Å². The summed E-state index contributed by atoms with van der Waals surface area (Å²) in [5.41, 5.74) is 2.15. The second kappa shape index (κ2) is 10.1. The standard InChI is InChI=1S/C24H23NO4/c1-28-21-14-12-20(13-15-21)25-22(16-23(26)19-10-6-3-7-11-19)24(27)29-17-18-8-4-2-5-9-18/h2-15,22,25H,16-17H2,1H3. The number of methoxy groups -OCH3 is 1. The Morgan fingerprint density at radius 1 is 0.862 bits per heavy atom. The molecule has 148 valence electrons. The molecule has 5 nitrogen and oxygen atoms in total. The molecule has 3 aromatic rings. The van der Waals surface area contributed by atoms with Gasteiger partial charge in [0.2, 0.25) is 0 Å². The van der Waals surface area contributed by atoms with Gasteiger partial charge in [-0.3, -0.25) is 4.79 Å². The summed E-state index contributed by atoms with van der Waals surface area (Å²) in [6.07, 6.45) is -0.0103. The molecule has 0 bridgehead atoms. The number of Topliss-reactive ketones (excluding diaryl/α,β-unsaturated/α-hetero) is 1. The molecule has 5 heteroatoms. The molecule has 29 heavy (non-hydrogen) atoms. The summed E-state index contributed by atoms with van der Waals surface area (Å²) in [6, 6.07) is 24.7. The van der Waals surface area contributed by atoms with Crippen LogP contribution in [0.1, 0.15) is 22.3 Å². The number of ketones is 1. The molecule has 1 unspecified atom stereocenters. The van der Waals surface area contributed by atoms with Crippen LogP contribution in [0.4, 0.5) is 5.69 Å². The van der Waals surface area contributed by atoms with Crippen LogP contribution in [-0.4, -0.2) is 24.9 Å². The molecule has 3 rings (SSSR count). The van der Waals surface area contributed by atoms with Crippen LogP contribution >= 0.6 is 0 Å². The quantitative estimate of drug-likeness (QED) is 0.431. The van der Waals surface area contributed by atoms with Crippen molar-refractivity contribution in [2.75, 3.05) is 12.4 Å². The van der Waals surface area contributed by atoms with Crippen molar-refractivity contribution in [1.29, 1.82) is 0 Å². The van der Waals surface area contributed by atoms with Crippen molar-refractivity contribution < 1.29 is 19.1 Å². The average Bonchev–Trinajstić information content (AvgIpc) is 2.78. The van der Waals surface area contributed by atoms with Crippen molar-refractivity contribution in [3.8, 4) is 5.75 Å². The lowest BCUT2D eigenvalue weighted by Gasteiger charge is -2.18. The van der Waals surface area contributed by atoms with Gasteiger partial charge < -0.3 is 14.8 Å². The van der Waals surface area contributed by atoms with Gasteiger partial charge in [-0.15, -0.1) is 0 Å². The number of carbonyl (C=O) groups excluding carboxylic acids is 2. The Kier molecular flexibility index (Phi) is 7.00. The molecule has 0 amide bonds. The van der Waals surface area contributed by atoms with E-state index in [0.717, 1.165) is 5.56 Å². The minimum Gasteiger partial charge on any atom is -0.497 e. The average molecular weight is 389 g/mol. The highest BCUT2D eigenvalue weighted by molar-refractivity contribution is 5.99. The van der Waals surface area contributed by atoms with E-state index in [1.807, 2.05) is 36.4 Å². The van der Waals surface area contributed by atoms with Crippen LogP contribution in [0, 0.1) is 0 Å². The lowest BCUT2D eigenvalue weighted by molar-refractivity contribution is -0.145. The molecule has 0 saturated carbocycles. The maximum Gasteiger partial charge on any atom is 0.329 e. The van der Waals surface area contributed by atoms with Gasteiger partial charge in [0, 0.05) is 17.7 Å². The van der Waals surface area contributed by atoms with Crippen molar-refractivity contribution in [3.63, 3.8) is 0 Å². The Bertz CT molecular complexity index is 924. The van der Waals surface area contributed by atoms with Crippen molar-refractivity contribution in [1.82, 2.24) is 0 Å². The molecule has 1 N–H and O–H groups in total. The van der Waals surface area contributed by atoms with Gasteiger partial charge in [0.25, 0.3) is 0 Å². The molecule has 3 aromatic carbocycles. The van der Waals surface area contributed by atoms with Crippen LogP contribution in [0.5, 0.6) is 5.75 Å². The summed E-state index contributed by atoms with van der Waals surface area (Å²) >= 11 is 0. The lowest BCUT2D eigenvalue weighted by atomic mass is 10.0. The molecule has 0 heterocycles. The van der Waals surface area contributed by atoms with Gasteiger partial charge in [0.05, 0.1) is 7.11 Å². The summed E-state index contributed by atoms with van der Waals surface area (Å²) in [6.45, 7) is 0.153. The number of benzene rings is 3. The highest BCUT2D eigenvalue weighted by atomic mass is 16.5. The van der Waals surface area contributed by atoms with Crippen molar-refractivity contribution in [2.24, 2.45) is 0 Å². The highest BCUT2D eigenvalue weighted by Gasteiger charge is 2.24. The minimum atomic E-state index is -0.806. The first-order valence-corrected chi connectivity index (χ1v) is 9.35. The number of anilines is 1. The van der Waals surface area contributed by atoms with Crippen LogP contribution in [0.15, 0.2) is 84.9 Å². The summed E-state index contributed by atoms with van der Waals surface area (Å²) < 4.78 is 10.6. The van der Waals surface area contributed by atoms with E-state index in [-0.39, 0.29) is 18.8 Å². The molecule has 0 saturated heterocycles. The summed E-state index contributed by atoms with van der Waals surface area (Å²) in [5, 5.41) is 3.12. The largest absolute Gasteiger partial charge is 0.497 e. The predicted octanol–water partition coefficient (Wildman–Crippen LogP) is 4.49. The SMILES string of the molecule is COc1ccc(NC(CC(=O)c2ccccc2)C(=O)OCc2ccccc2)cc1. The second-order valence-electron chi connectivity index (χ2n) is 6.51. The third-order valence-corrected chi connectivity index (χ3v) is 4.42. The summed E-state index contributed by atoms with van der Waals surface area (Å²) in [7, 11) is 1.59. The molecule has 0 spiro atoms. The molecule has 0 radical (unpaired) electrons. The number of hydrogen-bond donors (Lipinski definition) is 1. The van der Waals surface area contributed by atoms with Gasteiger partial charge in [0.1, 0.15) is 18.4 Å². The van der Waals surface area contributed by atoms with E-state index >= 15 is 0 Å². The third-order valence-electron chi connectivity index (χ3n) is 4.42. The van der Waals surface area contributed by atoms with E-state index < -0.39 is 12.0 Å². The number of esters is 1. The van der Waals surface area contributed by atoms with E-state index in [9.17, 15) is 9.59 Å². The first kappa shape index (κ1) is 20.1. The second-order valence-corrected chi connectivity index (χ2v) is 6.51. The zero-order valence-corrected chi connectivity index (χ0v) is 16.2. The maximum atomic E-state index is 12.7. The lowest BCUT2D eigenvalue weighted by Crippen LogP contribution is -2.33. The van der Waals surface area contributed by atoms with Gasteiger partial charge in [-0.25, -0.2) is 4.79 Å². The van der Waals surface area contributed by atoms with Crippen LogP contribution in [0.2, 0.25) is 0 Å². The molecular weight excluding hydrogens is 366 g/mol. The van der Waals surface area contributed by atoms with Crippen LogP contribution in [-0.2, 0) is 16.1 Å². The van der Waals surface area contributed by atoms with Crippen LogP contribution < -0.4 is 10.1 Å². The number of ether oxygens (including phenoxy) is 2. The van der Waals surface area contributed by atoms with E-state index in [0.29, 0.717) is 17.0 Å². The Hall–Kier alpha value is -3.60. The molecule has 0 aliphatic rings. The van der Waals surface area contributed by atoms with E-state index in [4.69, 9.17) is 9.47 Å². The zero-order chi connectivity index (χ0) is 20.5. The molecule has 0 aliphatic carbocycles. The smallest absolute Gasteiger partial charge is 0.329 e. The summed E-state index contributed by atoms with van der Waals surface area (Å²) in [4.78, 5) is 25.4. The molecule has 0 aliphatic heterocycles. The van der Waals surface area contributed by atoms with Crippen molar-refractivity contribution in [3.05, 3.63) is 96.1 Å². The topological polar surface area (TPSA) is 64.6 Å². The normalized spacial score (nSPS) is 11.3. The van der Waals surface area contributed by atoms with Crippen LogP contribution in [0.25, 0.3) is 0 Å². The first-order valence-electron chi connectivity index (χ1n) is 9.35. The molecule has 0 aromatic heterocycles. The van der Waals surface area contributed by atoms with Crippen LogP contribution in [0.3, 0.4) is 0 Å². The Morgan fingerprint density at radius 2 is 1.48 bits per heavy atom. The fourth-order valence-electron chi connectivity index (χ4n) is 2.84. The Labute approximate surface area is 170 Å². The Balaban J connectivity index is 1.72. The summed E-state index contributed by atoms with van der Waals surface area (Å²) in [5.74, 6) is 0.0985. The predicted molar refractivity (Wildman–Crippen MR) is 112 cm³/mol. The number of nitrogens with one attached hydrogen (secondary N) is 1. The van der Waals surface area contributed by atoms with Gasteiger partial charge in [0.15, 0.2) is 5.78 Å². The van der Waals surface area contributed by atoms with Gasteiger partial charge >= 0.3 is 5.97 Å². The monoisotopic (exact) mass is 389 g/mol. The fraction of sp³-hybridized carbons (Fsp3) is 0.167. The zero-order valence-electron chi connectivity index (χ0n) is 16.2. The maximum absolute atomic E-state index is 12.7. The number of rotatable bonds is 9. The van der Waals surface area contributed by atoms with Crippen molar-refractivity contribution >= 4 is 17.4 Å². The highest BCUT2D eigenvalue weighted by Crippen LogP contribution is 2.18. The Morgan fingerprint density at radius 3 is 2.10 bits per heavy atom. The van der Waals surface area contributed by atoms with Gasteiger partial charge in [-0.2, -0.15) is 0 Å².